The van der Waals surface area contributed by atoms with Crippen LogP contribution in [0.4, 0.5) is 0 Å². The molecule has 1 fully saturated rings. The van der Waals surface area contributed by atoms with Gasteiger partial charge >= 0.3 is 5.97 Å². The summed E-state index contributed by atoms with van der Waals surface area (Å²) < 4.78 is 5.66. The molecule has 0 radical (unpaired) electrons. The Morgan fingerprint density at radius 2 is 1.15 bits per heavy atom. The second kappa shape index (κ2) is 7.79. The lowest BCUT2D eigenvalue weighted by Crippen LogP contribution is -2.39. The molecule has 0 saturated carbocycles. The molecule has 0 aliphatic carbocycles. The lowest BCUT2D eigenvalue weighted by Gasteiger charge is -2.31. The maximum Gasteiger partial charge on any atom is 0.313 e. The summed E-state index contributed by atoms with van der Waals surface area (Å²) in [5.74, 6) is 0.101. The van der Waals surface area contributed by atoms with Gasteiger partial charge in [-0.1, -0.05) is 91.0 Å². The van der Waals surface area contributed by atoms with E-state index < -0.39 is 5.41 Å². The smallest absolute Gasteiger partial charge is 0.313 e. The molecule has 0 spiro atoms. The molecule has 2 nitrogen and oxygen atoms in total. The minimum atomic E-state index is -0.529. The summed E-state index contributed by atoms with van der Waals surface area (Å²) >= 11 is 0. The van der Waals surface area contributed by atoms with E-state index >= 15 is 0 Å². The summed E-state index contributed by atoms with van der Waals surface area (Å²) in [4.78, 5) is 13.1. The third kappa shape index (κ3) is 3.80. The number of hydrogen-bond acceptors (Lipinski definition) is 2. The maximum absolute atomic E-state index is 13.1. The van der Waals surface area contributed by atoms with E-state index in [0.29, 0.717) is 19.4 Å². The monoisotopic (exact) mass is 356 g/mol. The summed E-state index contributed by atoms with van der Waals surface area (Å²) in [6.45, 7) is 0.493. The maximum atomic E-state index is 13.1. The van der Waals surface area contributed by atoms with Gasteiger partial charge in [0.1, 0.15) is 0 Å². The van der Waals surface area contributed by atoms with E-state index in [1.165, 1.54) is 16.7 Å². The van der Waals surface area contributed by atoms with Crippen LogP contribution in [-0.2, 0) is 28.8 Å². The number of hydrogen-bond donors (Lipinski definition) is 0. The Balaban J connectivity index is 1.70. The molecule has 136 valence electrons. The quantitative estimate of drug-likeness (QED) is 0.589. The second-order valence-corrected chi connectivity index (χ2v) is 7.47. The molecular formula is C25H24O2. The largest absolute Gasteiger partial charge is 0.465 e. The van der Waals surface area contributed by atoms with Crippen LogP contribution in [0.15, 0.2) is 91.0 Å². The van der Waals surface area contributed by atoms with Crippen molar-refractivity contribution < 1.29 is 9.53 Å². The third-order valence-electron chi connectivity index (χ3n) is 5.65. The summed E-state index contributed by atoms with van der Waals surface area (Å²) in [6, 6.07) is 31.0. The summed E-state index contributed by atoms with van der Waals surface area (Å²) in [5.41, 5.74) is 3.10. The third-order valence-corrected chi connectivity index (χ3v) is 5.65. The molecule has 3 aromatic carbocycles. The van der Waals surface area contributed by atoms with Crippen molar-refractivity contribution in [3.8, 4) is 0 Å². The molecule has 3 aromatic rings. The highest BCUT2D eigenvalue weighted by Crippen LogP contribution is 2.43. The Kier molecular flexibility index (Phi) is 5.06. The van der Waals surface area contributed by atoms with Crippen molar-refractivity contribution in [3.63, 3.8) is 0 Å². The van der Waals surface area contributed by atoms with Crippen molar-refractivity contribution in [3.05, 3.63) is 108 Å². The van der Waals surface area contributed by atoms with E-state index in [1.807, 2.05) is 42.5 Å². The van der Waals surface area contributed by atoms with Gasteiger partial charge in [-0.2, -0.15) is 0 Å². The van der Waals surface area contributed by atoms with Crippen LogP contribution in [-0.4, -0.2) is 12.6 Å². The molecule has 27 heavy (non-hydrogen) atoms. The van der Waals surface area contributed by atoms with Gasteiger partial charge in [0.05, 0.1) is 12.0 Å². The number of benzene rings is 3. The minimum absolute atomic E-state index is 0.0591. The first-order valence-electron chi connectivity index (χ1n) is 9.55. The standard InChI is InChI=1S/C25H24O2/c26-24-25(17-21-12-6-2-7-13-21,18-22-14-8-3-9-15-22)23(19-27-24)16-20-10-4-1-5-11-20/h1-15,23H,16-19H2. The zero-order chi connectivity index (χ0) is 18.5. The molecule has 1 aliphatic heterocycles. The Morgan fingerprint density at radius 3 is 1.63 bits per heavy atom. The van der Waals surface area contributed by atoms with Gasteiger partial charge in [0, 0.05) is 5.92 Å². The van der Waals surface area contributed by atoms with E-state index in [9.17, 15) is 4.79 Å². The van der Waals surface area contributed by atoms with Crippen LogP contribution in [0.1, 0.15) is 16.7 Å². The van der Waals surface area contributed by atoms with Crippen molar-refractivity contribution in [2.45, 2.75) is 19.3 Å². The molecule has 0 amide bonds. The van der Waals surface area contributed by atoms with Crippen molar-refractivity contribution in [1.29, 1.82) is 0 Å². The van der Waals surface area contributed by atoms with Gasteiger partial charge in [-0.05, 0) is 36.0 Å². The Morgan fingerprint density at radius 1 is 0.704 bits per heavy atom. The van der Waals surface area contributed by atoms with Crippen molar-refractivity contribution >= 4 is 5.97 Å². The predicted octanol–water partition coefficient (Wildman–Crippen LogP) is 4.87. The van der Waals surface area contributed by atoms with Crippen molar-refractivity contribution in [2.24, 2.45) is 11.3 Å². The molecule has 4 rings (SSSR count). The fourth-order valence-corrected chi connectivity index (χ4v) is 4.21. The number of rotatable bonds is 6. The Bertz CT molecular complexity index is 830. The molecule has 1 aliphatic rings. The molecule has 0 bridgehead atoms. The fraction of sp³-hybridized carbons (Fsp3) is 0.240. The van der Waals surface area contributed by atoms with Gasteiger partial charge in [-0.25, -0.2) is 0 Å². The number of cyclic esters (lactones) is 1. The number of carbonyl (C=O) groups excluding carboxylic acids is 1. The topological polar surface area (TPSA) is 26.3 Å². The van der Waals surface area contributed by atoms with Crippen LogP contribution in [0.2, 0.25) is 0 Å². The summed E-state index contributed by atoms with van der Waals surface area (Å²) in [6.07, 6.45) is 2.27. The molecular weight excluding hydrogens is 332 g/mol. The molecule has 2 heteroatoms. The average Bonchev–Trinajstić information content (AvgIpc) is 3.00. The van der Waals surface area contributed by atoms with Gasteiger partial charge in [0.25, 0.3) is 0 Å². The lowest BCUT2D eigenvalue weighted by molar-refractivity contribution is -0.146. The van der Waals surface area contributed by atoms with E-state index in [1.54, 1.807) is 0 Å². The van der Waals surface area contributed by atoms with Crippen LogP contribution in [0.3, 0.4) is 0 Å². The first-order chi connectivity index (χ1) is 13.3. The molecule has 1 heterocycles. The molecule has 0 N–H and O–H groups in total. The van der Waals surface area contributed by atoms with Gasteiger partial charge in [-0.3, -0.25) is 4.79 Å². The normalized spacial score (nSPS) is 18.2. The molecule has 1 unspecified atom stereocenters. The van der Waals surface area contributed by atoms with E-state index in [0.717, 1.165) is 6.42 Å². The predicted molar refractivity (Wildman–Crippen MR) is 107 cm³/mol. The number of esters is 1. The number of ether oxygens (including phenoxy) is 1. The fourth-order valence-electron chi connectivity index (χ4n) is 4.21. The second-order valence-electron chi connectivity index (χ2n) is 7.47. The van der Waals surface area contributed by atoms with Crippen molar-refractivity contribution in [1.82, 2.24) is 0 Å². The SMILES string of the molecule is O=C1OCC(Cc2ccccc2)C1(Cc1ccccc1)Cc1ccccc1. The Hall–Kier alpha value is -2.87. The summed E-state index contributed by atoms with van der Waals surface area (Å²) in [5, 5.41) is 0. The van der Waals surface area contributed by atoms with Crippen LogP contribution in [0, 0.1) is 11.3 Å². The first kappa shape index (κ1) is 17.5. The highest BCUT2D eigenvalue weighted by Gasteiger charge is 2.51. The highest BCUT2D eigenvalue weighted by molar-refractivity contribution is 5.80. The van der Waals surface area contributed by atoms with Crippen LogP contribution in [0.25, 0.3) is 0 Å². The number of carbonyl (C=O) groups is 1. The lowest BCUT2D eigenvalue weighted by atomic mass is 9.67. The highest BCUT2D eigenvalue weighted by atomic mass is 16.5. The van der Waals surface area contributed by atoms with Crippen LogP contribution < -0.4 is 0 Å². The van der Waals surface area contributed by atoms with Gasteiger partial charge in [0.15, 0.2) is 0 Å². The van der Waals surface area contributed by atoms with Crippen LogP contribution in [0.5, 0.6) is 0 Å². The molecule has 1 saturated heterocycles. The van der Waals surface area contributed by atoms with Crippen LogP contribution >= 0.6 is 0 Å². The molecule has 0 aromatic heterocycles. The minimum Gasteiger partial charge on any atom is -0.465 e. The first-order valence-corrected chi connectivity index (χ1v) is 9.55. The van der Waals surface area contributed by atoms with Gasteiger partial charge in [0.2, 0.25) is 0 Å². The van der Waals surface area contributed by atoms with E-state index in [4.69, 9.17) is 4.74 Å². The van der Waals surface area contributed by atoms with E-state index in [-0.39, 0.29) is 11.9 Å². The zero-order valence-electron chi connectivity index (χ0n) is 15.4. The van der Waals surface area contributed by atoms with Gasteiger partial charge in [-0.15, -0.1) is 0 Å². The zero-order valence-corrected chi connectivity index (χ0v) is 15.4. The van der Waals surface area contributed by atoms with E-state index in [2.05, 4.69) is 48.5 Å². The van der Waals surface area contributed by atoms with Gasteiger partial charge < -0.3 is 4.74 Å². The summed E-state index contributed by atoms with van der Waals surface area (Å²) in [7, 11) is 0. The molecule has 1 atom stereocenters. The average molecular weight is 356 g/mol. The van der Waals surface area contributed by atoms with Crippen molar-refractivity contribution in [2.75, 3.05) is 6.61 Å². The Labute approximate surface area is 160 Å².